The van der Waals surface area contributed by atoms with Crippen LogP contribution in [0.2, 0.25) is 0 Å². The highest BCUT2D eigenvalue weighted by Crippen LogP contribution is 2.44. The highest BCUT2D eigenvalue weighted by molar-refractivity contribution is 6.38. The van der Waals surface area contributed by atoms with Gasteiger partial charge in [-0.1, -0.05) is 70.9 Å². The van der Waals surface area contributed by atoms with Crippen LogP contribution in [0.5, 0.6) is 0 Å². The van der Waals surface area contributed by atoms with Gasteiger partial charge in [0.05, 0.1) is 24.2 Å². The lowest BCUT2D eigenvalue weighted by molar-refractivity contribution is -0.146. The van der Waals surface area contributed by atoms with Crippen LogP contribution in [0.25, 0.3) is 0 Å². The largest absolute Gasteiger partial charge is 0.480 e. The van der Waals surface area contributed by atoms with Gasteiger partial charge in [0.2, 0.25) is 11.7 Å². The van der Waals surface area contributed by atoms with E-state index >= 15 is 0 Å². The van der Waals surface area contributed by atoms with Gasteiger partial charge in [-0.2, -0.15) is 0 Å². The Kier molecular flexibility index (Phi) is 12.5. The Morgan fingerprint density at radius 1 is 1.00 bits per heavy atom. The fraction of sp³-hybridized carbons (Fsp3) is 0.667. The molecule has 1 aromatic rings. The van der Waals surface area contributed by atoms with E-state index < -0.39 is 65.5 Å². The predicted octanol–water partition coefficient (Wildman–Crippen LogP) is 2.62. The number of aliphatic carboxylic acids is 1. The number of carboxylic acids is 1. The van der Waals surface area contributed by atoms with Gasteiger partial charge < -0.3 is 30.9 Å². The summed E-state index contributed by atoms with van der Waals surface area (Å²) in [4.78, 5) is 66.5. The Hall–Kier alpha value is -3.51. The molecule has 12 nitrogen and oxygen atoms in total. The van der Waals surface area contributed by atoms with Crippen LogP contribution in [0, 0.1) is 17.3 Å². The van der Waals surface area contributed by atoms with Crippen LogP contribution in [0.3, 0.4) is 0 Å². The van der Waals surface area contributed by atoms with Gasteiger partial charge in [0.1, 0.15) is 12.3 Å². The van der Waals surface area contributed by atoms with Gasteiger partial charge in [-0.15, -0.1) is 0 Å². The zero-order valence-corrected chi connectivity index (χ0v) is 27.2. The third-order valence-corrected chi connectivity index (χ3v) is 8.70. The molecule has 0 spiro atoms. The molecule has 1 saturated carbocycles. The number of nitrogens with zero attached hydrogens (tertiary/aromatic N) is 1. The van der Waals surface area contributed by atoms with Crippen molar-refractivity contribution in [2.75, 3.05) is 6.54 Å². The van der Waals surface area contributed by atoms with Crippen LogP contribution < -0.4 is 16.0 Å². The second kappa shape index (κ2) is 15.7. The van der Waals surface area contributed by atoms with Crippen molar-refractivity contribution in [1.29, 1.82) is 0 Å². The molecule has 1 aromatic carbocycles. The molecule has 0 aromatic heterocycles. The molecule has 1 aliphatic carbocycles. The maximum absolute atomic E-state index is 14.0. The van der Waals surface area contributed by atoms with Crippen LogP contribution >= 0.6 is 0 Å². The van der Waals surface area contributed by atoms with Crippen LogP contribution in [-0.4, -0.2) is 87.8 Å². The standard InChI is InChI=1S/C33H50N4O8/c1-7-12-23(26(38)29(40)35-24(31(42)43)17-20-13-9-8-10-14-20)34-28(39)25-22-16-11-15-21(22)18-37(25)30(41)27(33(4,5)6)36-32(44)45-19(2)3/h8-10,13-14,19,21-25,27,30,41H,7,11-12,15-18H2,1-6H3,(H,34,39)(H,35,40)(H,36,44)(H,42,43)/t21-,22-,23?,24-,25-,27+,30?/m0/s1. The molecule has 45 heavy (non-hydrogen) atoms. The van der Waals surface area contributed by atoms with Crippen molar-refractivity contribution < 1.29 is 38.9 Å². The van der Waals surface area contributed by atoms with Gasteiger partial charge >= 0.3 is 12.1 Å². The van der Waals surface area contributed by atoms with Crippen molar-refractivity contribution in [2.45, 2.75) is 117 Å². The molecule has 2 unspecified atom stereocenters. The van der Waals surface area contributed by atoms with Crippen LogP contribution in [0.15, 0.2) is 30.3 Å². The van der Waals surface area contributed by atoms with Crippen LogP contribution in [0.4, 0.5) is 4.79 Å². The number of ether oxygens (including phenoxy) is 1. The van der Waals surface area contributed by atoms with Crippen molar-refractivity contribution >= 4 is 29.7 Å². The Balaban J connectivity index is 1.79. The average Bonchev–Trinajstić information content (AvgIpc) is 3.55. The van der Waals surface area contributed by atoms with E-state index in [9.17, 15) is 34.2 Å². The summed E-state index contributed by atoms with van der Waals surface area (Å²) in [6.07, 6.45) is 0.966. The molecule has 0 radical (unpaired) electrons. The van der Waals surface area contributed by atoms with Gasteiger partial charge in [-0.3, -0.25) is 19.3 Å². The van der Waals surface area contributed by atoms with Gasteiger partial charge in [0.25, 0.3) is 5.91 Å². The molecule has 1 aliphatic heterocycles. The minimum absolute atomic E-state index is 0.00826. The molecule has 0 bridgehead atoms. The SMILES string of the molecule is CCCC(NC(=O)[C@@H]1[C@H]2CCC[C@H]2CN1C(O)[C@@H](NC(=O)OC(C)C)C(C)(C)C)C(=O)C(=O)N[C@@H](Cc1ccccc1)C(=O)O. The molecule has 250 valence electrons. The normalized spacial score (nSPS) is 22.5. The number of hydrogen-bond acceptors (Lipinski definition) is 8. The molecule has 1 heterocycles. The molecular formula is C33H50N4O8. The third-order valence-electron chi connectivity index (χ3n) is 8.70. The van der Waals surface area contributed by atoms with Gasteiger partial charge in [0, 0.05) is 13.0 Å². The summed E-state index contributed by atoms with van der Waals surface area (Å²) in [7, 11) is 0. The number of aliphatic hydroxyl groups is 1. The van der Waals surface area contributed by atoms with E-state index in [1.54, 1.807) is 49.1 Å². The number of carbonyl (C=O) groups excluding carboxylic acids is 4. The van der Waals surface area contributed by atoms with E-state index in [0.29, 0.717) is 18.5 Å². The second-order valence-electron chi connectivity index (χ2n) is 13.6. The smallest absolute Gasteiger partial charge is 0.407 e. The van der Waals surface area contributed by atoms with Crippen molar-refractivity contribution in [3.8, 4) is 0 Å². The Bertz CT molecular complexity index is 1200. The molecule has 1 saturated heterocycles. The lowest BCUT2D eigenvalue weighted by atomic mass is 9.84. The summed E-state index contributed by atoms with van der Waals surface area (Å²) < 4.78 is 5.27. The van der Waals surface area contributed by atoms with E-state index in [4.69, 9.17) is 4.74 Å². The minimum atomic E-state index is -1.33. The monoisotopic (exact) mass is 630 g/mol. The summed E-state index contributed by atoms with van der Waals surface area (Å²) in [5.74, 6) is -3.70. The molecular weight excluding hydrogens is 580 g/mol. The summed E-state index contributed by atoms with van der Waals surface area (Å²) in [5.41, 5.74) is 0.0791. The number of hydrogen-bond donors (Lipinski definition) is 5. The number of nitrogens with one attached hydrogen (secondary N) is 3. The third kappa shape index (κ3) is 9.49. The topological polar surface area (TPSA) is 174 Å². The number of alkyl carbamates (subject to hydrolysis) is 1. The highest BCUT2D eigenvalue weighted by atomic mass is 16.6. The summed E-state index contributed by atoms with van der Waals surface area (Å²) in [5, 5.41) is 29.3. The molecule has 2 fully saturated rings. The molecule has 5 N–H and O–H groups in total. The summed E-state index contributed by atoms with van der Waals surface area (Å²) in [6.45, 7) is 11.3. The fourth-order valence-corrected chi connectivity index (χ4v) is 6.51. The Morgan fingerprint density at radius 2 is 1.67 bits per heavy atom. The fourth-order valence-electron chi connectivity index (χ4n) is 6.51. The van der Waals surface area contributed by atoms with Crippen molar-refractivity contribution in [1.82, 2.24) is 20.9 Å². The predicted molar refractivity (Wildman–Crippen MR) is 167 cm³/mol. The van der Waals surface area contributed by atoms with Crippen molar-refractivity contribution in [3.63, 3.8) is 0 Å². The number of rotatable bonds is 14. The number of likely N-dealkylation sites (tertiary alicyclic amines) is 1. The van der Waals surface area contributed by atoms with E-state index in [2.05, 4.69) is 16.0 Å². The number of aliphatic hydroxyl groups excluding tert-OH is 1. The van der Waals surface area contributed by atoms with Gasteiger partial charge in [-0.05, 0) is 55.9 Å². The number of ketones is 1. The maximum atomic E-state index is 14.0. The Morgan fingerprint density at radius 3 is 2.24 bits per heavy atom. The molecule has 2 aliphatic rings. The lowest BCUT2D eigenvalue weighted by Crippen LogP contribution is -2.62. The minimum Gasteiger partial charge on any atom is -0.480 e. The van der Waals surface area contributed by atoms with E-state index in [1.807, 2.05) is 27.7 Å². The van der Waals surface area contributed by atoms with Crippen molar-refractivity contribution in [3.05, 3.63) is 35.9 Å². The first-order chi connectivity index (χ1) is 21.1. The second-order valence-corrected chi connectivity index (χ2v) is 13.6. The van der Waals surface area contributed by atoms with E-state index in [1.165, 1.54) is 0 Å². The quantitative estimate of drug-likeness (QED) is 0.194. The molecule has 3 amide bonds. The van der Waals surface area contributed by atoms with E-state index in [-0.39, 0.29) is 30.8 Å². The number of carboxylic acid groups (broad SMARTS) is 1. The number of benzene rings is 1. The number of carbonyl (C=O) groups is 5. The van der Waals surface area contributed by atoms with E-state index in [0.717, 1.165) is 19.3 Å². The highest BCUT2D eigenvalue weighted by Gasteiger charge is 2.52. The first-order valence-electron chi connectivity index (χ1n) is 16.0. The number of Topliss-reactive ketones (excluding diaryl/α,β-unsaturated/α-hetero) is 1. The first-order valence-corrected chi connectivity index (χ1v) is 16.0. The van der Waals surface area contributed by atoms with Crippen LogP contribution in [0.1, 0.15) is 79.2 Å². The van der Waals surface area contributed by atoms with Crippen molar-refractivity contribution in [2.24, 2.45) is 17.3 Å². The summed E-state index contributed by atoms with van der Waals surface area (Å²) in [6, 6.07) is 4.68. The zero-order valence-electron chi connectivity index (χ0n) is 27.2. The molecule has 12 heteroatoms. The average molecular weight is 631 g/mol. The molecule has 7 atom stereocenters. The molecule has 3 rings (SSSR count). The number of amides is 3. The zero-order chi connectivity index (χ0) is 33.5. The van der Waals surface area contributed by atoms with Gasteiger partial charge in [-0.25, -0.2) is 9.59 Å². The Labute approximate surface area is 265 Å². The maximum Gasteiger partial charge on any atom is 0.407 e. The summed E-state index contributed by atoms with van der Waals surface area (Å²) >= 11 is 0. The van der Waals surface area contributed by atoms with Crippen LogP contribution in [-0.2, 0) is 30.3 Å². The first kappa shape index (κ1) is 36.0. The lowest BCUT2D eigenvalue weighted by Gasteiger charge is -2.41. The van der Waals surface area contributed by atoms with Gasteiger partial charge in [0.15, 0.2) is 0 Å². The number of fused-ring (bicyclic) bond motifs is 1.